The monoisotopic (exact) mass is 339 g/mol. The molecule has 0 aromatic heterocycles. The lowest BCUT2D eigenvalue weighted by molar-refractivity contribution is -0.117. The summed E-state index contributed by atoms with van der Waals surface area (Å²) in [6.07, 6.45) is 1.17. The number of para-hydroxylation sites is 1. The zero-order valence-electron chi connectivity index (χ0n) is 12.1. The number of amides is 1. The summed E-state index contributed by atoms with van der Waals surface area (Å²) in [5.74, 6) is 0.0222. The first-order valence-corrected chi connectivity index (χ1v) is 7.71. The first kappa shape index (κ1) is 15.5. The first-order chi connectivity index (χ1) is 9.48. The molecule has 1 saturated heterocycles. The summed E-state index contributed by atoms with van der Waals surface area (Å²) in [5.41, 5.74) is 1.10. The standard InChI is InChI=1S/C15H22BrN3O/c1-15(7-8-17-10-15)11-19(2)9-14(20)18-13-6-4-3-5-12(13)16/h3-6,17H,7-11H2,1-2H3,(H,18,20). The molecule has 20 heavy (non-hydrogen) atoms. The second-order valence-corrected chi connectivity index (χ2v) is 6.79. The Morgan fingerprint density at radius 3 is 2.90 bits per heavy atom. The van der Waals surface area contributed by atoms with Crippen molar-refractivity contribution in [3.63, 3.8) is 0 Å². The van der Waals surface area contributed by atoms with Gasteiger partial charge in [0.1, 0.15) is 0 Å². The Hall–Kier alpha value is -0.910. The highest BCUT2D eigenvalue weighted by molar-refractivity contribution is 9.10. The number of nitrogens with zero attached hydrogens (tertiary/aromatic N) is 1. The van der Waals surface area contributed by atoms with Crippen molar-refractivity contribution < 1.29 is 4.79 Å². The zero-order chi connectivity index (χ0) is 14.6. The number of benzene rings is 1. The normalized spacial score (nSPS) is 22.2. The van der Waals surface area contributed by atoms with Gasteiger partial charge in [-0.25, -0.2) is 0 Å². The number of halogens is 1. The third-order valence-corrected chi connectivity index (χ3v) is 4.36. The van der Waals surface area contributed by atoms with E-state index >= 15 is 0 Å². The minimum Gasteiger partial charge on any atom is -0.324 e. The van der Waals surface area contributed by atoms with E-state index in [1.54, 1.807) is 0 Å². The summed E-state index contributed by atoms with van der Waals surface area (Å²) in [7, 11) is 2.00. The SMILES string of the molecule is CN(CC(=O)Nc1ccccc1Br)CC1(C)CCNC1. The Kier molecular flexibility index (Phi) is 5.18. The van der Waals surface area contributed by atoms with Crippen molar-refractivity contribution in [2.75, 3.05) is 38.5 Å². The van der Waals surface area contributed by atoms with Crippen LogP contribution in [0.3, 0.4) is 0 Å². The van der Waals surface area contributed by atoms with Crippen LogP contribution in [0, 0.1) is 5.41 Å². The predicted molar refractivity (Wildman–Crippen MR) is 85.9 cm³/mol. The summed E-state index contributed by atoms with van der Waals surface area (Å²) >= 11 is 3.43. The van der Waals surface area contributed by atoms with Gasteiger partial charge < -0.3 is 10.6 Å². The van der Waals surface area contributed by atoms with Crippen LogP contribution in [0.5, 0.6) is 0 Å². The number of hydrogen-bond acceptors (Lipinski definition) is 3. The average Bonchev–Trinajstić information content (AvgIpc) is 2.78. The molecule has 1 aromatic carbocycles. The van der Waals surface area contributed by atoms with E-state index < -0.39 is 0 Å². The van der Waals surface area contributed by atoms with Crippen molar-refractivity contribution in [1.29, 1.82) is 0 Å². The third-order valence-electron chi connectivity index (χ3n) is 3.67. The molecule has 1 atom stereocenters. The maximum absolute atomic E-state index is 12.1. The summed E-state index contributed by atoms with van der Waals surface area (Å²) in [5, 5.41) is 6.32. The molecule has 5 heteroatoms. The highest BCUT2D eigenvalue weighted by Gasteiger charge is 2.30. The van der Waals surface area contributed by atoms with Gasteiger partial charge in [0.05, 0.1) is 12.2 Å². The Morgan fingerprint density at radius 2 is 2.25 bits per heavy atom. The number of anilines is 1. The number of carbonyl (C=O) groups excluding carboxylic acids is 1. The lowest BCUT2D eigenvalue weighted by Crippen LogP contribution is -2.39. The average molecular weight is 340 g/mol. The fraction of sp³-hybridized carbons (Fsp3) is 0.533. The fourth-order valence-corrected chi connectivity index (χ4v) is 3.09. The Bertz CT molecular complexity index is 472. The van der Waals surface area contributed by atoms with E-state index in [9.17, 15) is 4.79 Å². The molecule has 0 saturated carbocycles. The van der Waals surface area contributed by atoms with Gasteiger partial charge in [-0.3, -0.25) is 9.69 Å². The number of hydrogen-bond donors (Lipinski definition) is 2. The van der Waals surface area contributed by atoms with Crippen molar-refractivity contribution in [3.8, 4) is 0 Å². The number of nitrogens with one attached hydrogen (secondary N) is 2. The van der Waals surface area contributed by atoms with Gasteiger partial charge in [0.15, 0.2) is 0 Å². The first-order valence-electron chi connectivity index (χ1n) is 6.92. The van der Waals surface area contributed by atoms with Crippen molar-refractivity contribution in [3.05, 3.63) is 28.7 Å². The molecule has 1 aliphatic rings. The van der Waals surface area contributed by atoms with E-state index in [0.29, 0.717) is 6.54 Å². The second-order valence-electron chi connectivity index (χ2n) is 5.94. The largest absolute Gasteiger partial charge is 0.324 e. The summed E-state index contributed by atoms with van der Waals surface area (Å²) in [6, 6.07) is 7.66. The van der Waals surface area contributed by atoms with E-state index in [4.69, 9.17) is 0 Å². The van der Waals surface area contributed by atoms with Crippen molar-refractivity contribution in [1.82, 2.24) is 10.2 Å². The van der Waals surface area contributed by atoms with Gasteiger partial charge in [0.2, 0.25) is 5.91 Å². The quantitative estimate of drug-likeness (QED) is 0.865. The second kappa shape index (κ2) is 6.70. The summed E-state index contributed by atoms with van der Waals surface area (Å²) in [6.45, 7) is 5.73. The van der Waals surface area contributed by atoms with Gasteiger partial charge in [0, 0.05) is 17.6 Å². The van der Waals surface area contributed by atoms with Gasteiger partial charge in [-0.2, -0.15) is 0 Å². The van der Waals surface area contributed by atoms with Crippen LogP contribution < -0.4 is 10.6 Å². The number of likely N-dealkylation sites (N-methyl/N-ethyl adjacent to an activating group) is 1. The van der Waals surface area contributed by atoms with Crippen molar-refractivity contribution in [2.45, 2.75) is 13.3 Å². The van der Waals surface area contributed by atoms with E-state index in [1.165, 1.54) is 6.42 Å². The van der Waals surface area contributed by atoms with Gasteiger partial charge >= 0.3 is 0 Å². The van der Waals surface area contributed by atoms with E-state index in [0.717, 1.165) is 29.8 Å². The van der Waals surface area contributed by atoms with E-state index in [1.807, 2.05) is 31.3 Å². The lowest BCUT2D eigenvalue weighted by atomic mass is 9.89. The molecule has 1 heterocycles. The summed E-state index contributed by atoms with van der Waals surface area (Å²) in [4.78, 5) is 14.2. The molecule has 0 aliphatic carbocycles. The van der Waals surface area contributed by atoms with Crippen molar-refractivity contribution >= 4 is 27.5 Å². The van der Waals surface area contributed by atoms with Crippen LogP contribution in [0.2, 0.25) is 0 Å². The third kappa shape index (κ3) is 4.30. The number of carbonyl (C=O) groups is 1. The van der Waals surface area contributed by atoms with Crippen LogP contribution >= 0.6 is 15.9 Å². The molecule has 1 fully saturated rings. The minimum atomic E-state index is 0.0222. The molecular formula is C15H22BrN3O. The maximum Gasteiger partial charge on any atom is 0.238 e. The maximum atomic E-state index is 12.1. The molecule has 2 rings (SSSR count). The molecule has 0 bridgehead atoms. The molecule has 1 aliphatic heterocycles. The Morgan fingerprint density at radius 1 is 1.50 bits per heavy atom. The van der Waals surface area contributed by atoms with Gasteiger partial charge in [-0.05, 0) is 53.5 Å². The van der Waals surface area contributed by atoms with Crippen LogP contribution in [0.15, 0.2) is 28.7 Å². The molecule has 1 amide bonds. The zero-order valence-corrected chi connectivity index (χ0v) is 13.7. The van der Waals surface area contributed by atoms with Crippen LogP contribution in [0.1, 0.15) is 13.3 Å². The van der Waals surface area contributed by atoms with Crippen LogP contribution in [-0.4, -0.2) is 44.0 Å². The highest BCUT2D eigenvalue weighted by Crippen LogP contribution is 2.25. The van der Waals surface area contributed by atoms with Crippen molar-refractivity contribution in [2.24, 2.45) is 5.41 Å². The Balaban J connectivity index is 1.83. The molecule has 0 spiro atoms. The Labute approximate surface area is 129 Å². The number of rotatable bonds is 5. The van der Waals surface area contributed by atoms with Crippen LogP contribution in [0.4, 0.5) is 5.69 Å². The lowest BCUT2D eigenvalue weighted by Gasteiger charge is -2.28. The van der Waals surface area contributed by atoms with Crippen LogP contribution in [-0.2, 0) is 4.79 Å². The molecular weight excluding hydrogens is 318 g/mol. The molecule has 1 aromatic rings. The summed E-state index contributed by atoms with van der Waals surface area (Å²) < 4.78 is 0.906. The smallest absolute Gasteiger partial charge is 0.238 e. The molecule has 4 nitrogen and oxygen atoms in total. The predicted octanol–water partition coefficient (Wildman–Crippen LogP) is 2.32. The fourth-order valence-electron chi connectivity index (χ4n) is 2.71. The van der Waals surface area contributed by atoms with Crippen LogP contribution in [0.25, 0.3) is 0 Å². The molecule has 110 valence electrons. The molecule has 2 N–H and O–H groups in total. The van der Waals surface area contributed by atoms with Gasteiger partial charge in [-0.1, -0.05) is 19.1 Å². The van der Waals surface area contributed by atoms with Gasteiger partial charge in [-0.15, -0.1) is 0 Å². The minimum absolute atomic E-state index is 0.0222. The van der Waals surface area contributed by atoms with E-state index in [2.05, 4.69) is 38.4 Å². The van der Waals surface area contributed by atoms with Gasteiger partial charge in [0.25, 0.3) is 0 Å². The molecule has 1 unspecified atom stereocenters. The van der Waals surface area contributed by atoms with E-state index in [-0.39, 0.29) is 11.3 Å². The molecule has 0 radical (unpaired) electrons. The highest BCUT2D eigenvalue weighted by atomic mass is 79.9. The topological polar surface area (TPSA) is 44.4 Å².